The van der Waals surface area contributed by atoms with Crippen LogP contribution >= 0.6 is 11.3 Å². The van der Waals surface area contributed by atoms with Crippen molar-refractivity contribution < 1.29 is 46.3 Å². The average Bonchev–Trinajstić information content (AvgIpc) is 3.52. The first-order chi connectivity index (χ1) is 24.6. The molecular weight excluding hydrogens is 725 g/mol. The number of nitrogens with one attached hydrogen (secondary N) is 2. The number of fused-ring (bicyclic) bond motifs is 1. The first kappa shape index (κ1) is 37.1. The standard InChI is InChI=1S/C30H38N10O10S2/c1-29(2)24(26(42)40(29)50-52(45,46)47)36-25(41)23(20-13-51-28(32)35-20)37-49-21(27(43)44)12-48-18-4-5-19-17(11-18)3-6-22(34-19)38-7-9-39(10-8-38)30(14-31)15-33-16-30/h3-6,11,13,21,24,33H,7-10,12,14-16,31H2,1-2H3,(H2,32,35)(H,36,41)(H,43,44)(H,45,46,47)/b37-23-/t21-,24+/m0/s1. The summed E-state index contributed by atoms with van der Waals surface area (Å²) in [6.07, 6.45) is -1.69. The van der Waals surface area contributed by atoms with Gasteiger partial charge in [0.25, 0.3) is 17.9 Å². The summed E-state index contributed by atoms with van der Waals surface area (Å²) in [4.78, 5) is 56.7. The van der Waals surface area contributed by atoms with Gasteiger partial charge < -0.3 is 41.7 Å². The number of carboxylic acid groups (broad SMARTS) is 1. The number of carbonyl (C=O) groups excluding carboxylic acids is 2. The molecule has 3 fully saturated rings. The van der Waals surface area contributed by atoms with E-state index in [4.69, 9.17) is 30.6 Å². The number of benzene rings is 1. The maximum atomic E-state index is 13.3. The molecule has 0 aliphatic carbocycles. The van der Waals surface area contributed by atoms with Crippen LogP contribution < -0.4 is 31.7 Å². The van der Waals surface area contributed by atoms with E-state index in [1.807, 2.05) is 12.1 Å². The highest BCUT2D eigenvalue weighted by molar-refractivity contribution is 7.80. The van der Waals surface area contributed by atoms with Gasteiger partial charge in [0.2, 0.25) is 0 Å². The maximum absolute atomic E-state index is 13.3. The highest BCUT2D eigenvalue weighted by Crippen LogP contribution is 2.33. The number of thiazole rings is 1. The summed E-state index contributed by atoms with van der Waals surface area (Å²) in [5.74, 6) is -2.28. The van der Waals surface area contributed by atoms with Crippen molar-refractivity contribution >= 4 is 67.1 Å². The van der Waals surface area contributed by atoms with E-state index in [1.165, 1.54) is 19.2 Å². The van der Waals surface area contributed by atoms with Crippen LogP contribution in [0.5, 0.6) is 5.75 Å². The van der Waals surface area contributed by atoms with Crippen molar-refractivity contribution in [2.45, 2.75) is 37.1 Å². The Morgan fingerprint density at radius 2 is 1.90 bits per heavy atom. The zero-order chi connectivity index (χ0) is 37.4. The third-order valence-electron chi connectivity index (χ3n) is 9.26. The number of aliphatic carboxylic acids is 1. The second-order valence-corrected chi connectivity index (χ2v) is 14.9. The molecule has 52 heavy (non-hydrogen) atoms. The smallest absolute Gasteiger partial charge is 0.418 e. The minimum atomic E-state index is -5.02. The third kappa shape index (κ3) is 7.58. The van der Waals surface area contributed by atoms with E-state index in [-0.39, 0.29) is 16.4 Å². The van der Waals surface area contributed by atoms with Gasteiger partial charge in [-0.2, -0.15) is 13.5 Å². The summed E-state index contributed by atoms with van der Waals surface area (Å²) in [6.45, 7) is 8.06. The monoisotopic (exact) mass is 762 g/mol. The molecule has 0 unspecified atom stereocenters. The van der Waals surface area contributed by atoms with Crippen LogP contribution in [0.25, 0.3) is 10.9 Å². The molecule has 3 aliphatic heterocycles. The molecule has 2 amide bonds. The number of carboxylic acids is 1. The van der Waals surface area contributed by atoms with Crippen molar-refractivity contribution in [1.29, 1.82) is 0 Å². The van der Waals surface area contributed by atoms with Gasteiger partial charge in [0.1, 0.15) is 29.9 Å². The van der Waals surface area contributed by atoms with Crippen molar-refractivity contribution in [1.82, 2.24) is 30.6 Å². The van der Waals surface area contributed by atoms with Gasteiger partial charge in [-0.25, -0.2) is 14.8 Å². The van der Waals surface area contributed by atoms with Gasteiger partial charge in [0.05, 0.1) is 16.6 Å². The zero-order valence-corrected chi connectivity index (χ0v) is 29.7. The normalized spacial score (nSPS) is 20.9. The Hall–Kier alpha value is -4.71. The molecule has 5 heterocycles. The molecule has 20 nitrogen and oxygen atoms in total. The number of pyridine rings is 1. The molecule has 3 aliphatic rings. The molecule has 3 aromatic rings. The molecular formula is C30H38N10O10S2. The molecule has 0 bridgehead atoms. The van der Waals surface area contributed by atoms with E-state index >= 15 is 0 Å². The molecule has 8 N–H and O–H groups in total. The number of nitrogen functional groups attached to an aromatic ring is 1. The number of nitrogens with two attached hydrogens (primary N) is 2. The fourth-order valence-electron chi connectivity index (χ4n) is 6.13. The molecule has 0 radical (unpaired) electrons. The number of amides is 2. The minimum absolute atomic E-state index is 0.0364. The number of nitrogens with zero attached hydrogens (tertiary/aromatic N) is 6. The lowest BCUT2D eigenvalue weighted by molar-refractivity contribution is -0.218. The quantitative estimate of drug-likeness (QED) is 0.0486. The van der Waals surface area contributed by atoms with Gasteiger partial charge in [-0.3, -0.25) is 19.0 Å². The van der Waals surface area contributed by atoms with Crippen LogP contribution in [0, 0.1) is 0 Å². The highest BCUT2D eigenvalue weighted by Gasteiger charge is 2.58. The summed E-state index contributed by atoms with van der Waals surface area (Å²) in [6, 6.07) is 7.64. The number of hydrogen-bond donors (Lipinski definition) is 6. The molecule has 22 heteroatoms. The summed E-state index contributed by atoms with van der Waals surface area (Å²) >= 11 is 0.962. The Balaban J connectivity index is 1.10. The van der Waals surface area contributed by atoms with Crippen molar-refractivity contribution in [2.24, 2.45) is 10.9 Å². The van der Waals surface area contributed by atoms with Crippen molar-refractivity contribution in [3.05, 3.63) is 41.4 Å². The Bertz CT molecular complexity index is 1990. The number of oxime groups is 1. The average molecular weight is 763 g/mol. The number of ether oxygens (including phenoxy) is 1. The van der Waals surface area contributed by atoms with Crippen molar-refractivity contribution in [2.75, 3.05) is 63.1 Å². The molecule has 2 aromatic heterocycles. The first-order valence-electron chi connectivity index (χ1n) is 16.0. The Morgan fingerprint density at radius 1 is 1.17 bits per heavy atom. The lowest BCUT2D eigenvalue weighted by Crippen LogP contribution is -2.76. The van der Waals surface area contributed by atoms with Crippen LogP contribution in [-0.2, 0) is 33.9 Å². The highest BCUT2D eigenvalue weighted by atomic mass is 32.3. The topological polar surface area (TPSA) is 277 Å². The largest absolute Gasteiger partial charge is 0.489 e. The Kier molecular flexibility index (Phi) is 10.2. The molecule has 6 rings (SSSR count). The van der Waals surface area contributed by atoms with E-state index in [0.29, 0.717) is 17.4 Å². The SMILES string of the molecule is CC1(C)[C@H](NC(=O)/C(=N\O[C@@H](COc2ccc3nc(N4CCN(C5(CN)CNC5)CC4)ccc3c2)C(=O)O)c2csc(N)n2)C(=O)N1OS(=O)(=O)O. The minimum Gasteiger partial charge on any atom is -0.489 e. The fraction of sp³-hybridized carbons (Fsp3) is 0.467. The first-order valence-corrected chi connectivity index (χ1v) is 18.3. The van der Waals surface area contributed by atoms with Gasteiger partial charge in [-0.05, 0) is 44.2 Å². The number of carbonyl (C=O) groups is 3. The number of anilines is 2. The van der Waals surface area contributed by atoms with Crippen LogP contribution in [0.1, 0.15) is 19.5 Å². The lowest BCUT2D eigenvalue weighted by atomic mass is 9.84. The van der Waals surface area contributed by atoms with E-state index in [2.05, 4.69) is 34.9 Å². The molecule has 0 spiro atoms. The Labute approximate surface area is 301 Å². The summed E-state index contributed by atoms with van der Waals surface area (Å²) in [7, 11) is -5.02. The Morgan fingerprint density at radius 3 is 2.48 bits per heavy atom. The molecule has 3 saturated heterocycles. The third-order valence-corrected chi connectivity index (χ3v) is 10.3. The van der Waals surface area contributed by atoms with Crippen LogP contribution in [-0.4, -0.2) is 137 Å². The zero-order valence-electron chi connectivity index (χ0n) is 28.1. The number of hydroxylamine groups is 2. The van der Waals surface area contributed by atoms with E-state index in [0.717, 1.165) is 67.3 Å². The number of aromatic nitrogens is 2. The molecule has 0 saturated carbocycles. The van der Waals surface area contributed by atoms with E-state index in [1.54, 1.807) is 18.2 Å². The fourth-order valence-corrected chi connectivity index (χ4v) is 7.14. The summed E-state index contributed by atoms with van der Waals surface area (Å²) in [5.41, 5.74) is 10.5. The lowest BCUT2D eigenvalue weighted by Gasteiger charge is -2.52. The second kappa shape index (κ2) is 14.4. The van der Waals surface area contributed by atoms with E-state index < -0.39 is 58.2 Å². The maximum Gasteiger partial charge on any atom is 0.418 e. The van der Waals surface area contributed by atoms with Gasteiger partial charge >= 0.3 is 16.4 Å². The van der Waals surface area contributed by atoms with Crippen LogP contribution in [0.4, 0.5) is 10.9 Å². The molecule has 1 aromatic carbocycles. The number of piperazine rings is 1. The predicted molar refractivity (Wildman–Crippen MR) is 187 cm³/mol. The van der Waals surface area contributed by atoms with Gasteiger partial charge in [-0.1, -0.05) is 5.16 Å². The predicted octanol–water partition coefficient (Wildman–Crippen LogP) is -1.21. The summed E-state index contributed by atoms with van der Waals surface area (Å²) < 4.78 is 41.3. The van der Waals surface area contributed by atoms with Crippen LogP contribution in [0.3, 0.4) is 0 Å². The van der Waals surface area contributed by atoms with Crippen molar-refractivity contribution in [3.63, 3.8) is 0 Å². The molecule has 2 atom stereocenters. The number of rotatable bonds is 14. The van der Waals surface area contributed by atoms with Crippen LogP contribution in [0.15, 0.2) is 40.9 Å². The molecule has 280 valence electrons. The van der Waals surface area contributed by atoms with Gasteiger partial charge in [0.15, 0.2) is 10.8 Å². The van der Waals surface area contributed by atoms with Crippen molar-refractivity contribution in [3.8, 4) is 5.75 Å². The number of hydrogen-bond acceptors (Lipinski definition) is 17. The van der Waals surface area contributed by atoms with Crippen LogP contribution in [0.2, 0.25) is 0 Å². The van der Waals surface area contributed by atoms with Gasteiger partial charge in [0, 0.05) is 56.6 Å². The van der Waals surface area contributed by atoms with Gasteiger partial charge in [-0.15, -0.1) is 15.6 Å². The number of β-lactam (4-membered cyclic amide) rings is 1. The van der Waals surface area contributed by atoms with E-state index in [9.17, 15) is 27.9 Å². The summed E-state index contributed by atoms with van der Waals surface area (Å²) in [5, 5.41) is 21.9. The second-order valence-electron chi connectivity index (χ2n) is 13.0.